The molecule has 3 aromatic carbocycles. The topological polar surface area (TPSA) is 211 Å². The lowest BCUT2D eigenvalue weighted by atomic mass is 9.49. The molecule has 0 bridgehead atoms. The van der Waals surface area contributed by atoms with Crippen molar-refractivity contribution >= 4 is 52.5 Å². The number of aromatic nitrogens is 1. The molecule has 0 spiro atoms. The lowest BCUT2D eigenvalue weighted by Crippen LogP contribution is -2.74. The van der Waals surface area contributed by atoms with Crippen molar-refractivity contribution in [1.29, 1.82) is 5.26 Å². The fraction of sp³-hybridized carbons (Fsp3) is 0.482. The molecular formula is C56H65ClN6O9S. The number of aryl methyl sites for hydroxylation is 1. The second-order valence-electron chi connectivity index (χ2n) is 21.6. The smallest absolute Gasteiger partial charge is 0.303 e. The highest BCUT2D eigenvalue weighted by molar-refractivity contribution is 7.13. The number of benzene rings is 3. The molecule has 7 rings (SSSR count). The normalized spacial score (nSPS) is 20.4. The highest BCUT2D eigenvalue weighted by Gasteiger charge is 2.67. The van der Waals surface area contributed by atoms with Crippen LogP contribution < -0.4 is 15.4 Å². The maximum Gasteiger partial charge on any atom is 0.303 e. The largest absolute Gasteiger partial charge is 0.489 e. The molecule has 1 saturated carbocycles. The van der Waals surface area contributed by atoms with E-state index in [0.717, 1.165) is 27.3 Å². The number of aliphatic hydroxyl groups excluding tert-OH is 1. The summed E-state index contributed by atoms with van der Waals surface area (Å²) in [5.74, 6) is 3.91. The molecule has 2 aliphatic heterocycles. The molecule has 3 heterocycles. The Kier molecular flexibility index (Phi) is 16.7. The van der Waals surface area contributed by atoms with Gasteiger partial charge in [0.05, 0.1) is 39.3 Å². The molecule has 15 nitrogen and oxygen atoms in total. The van der Waals surface area contributed by atoms with E-state index in [2.05, 4.69) is 61.2 Å². The van der Waals surface area contributed by atoms with E-state index >= 15 is 0 Å². The third kappa shape index (κ3) is 12.1. The maximum atomic E-state index is 14.4. The summed E-state index contributed by atoms with van der Waals surface area (Å²) >= 11 is 7.81. The predicted octanol–water partition coefficient (Wildman–Crippen LogP) is 8.09. The first-order chi connectivity index (χ1) is 34.5. The monoisotopic (exact) mass is 1030 g/mol. The van der Waals surface area contributed by atoms with Crippen LogP contribution in [-0.2, 0) is 30.5 Å². The summed E-state index contributed by atoms with van der Waals surface area (Å²) in [6, 6.07) is 17.3. The summed E-state index contributed by atoms with van der Waals surface area (Å²) in [4.78, 5) is 75.8. The maximum absolute atomic E-state index is 14.4. The fourth-order valence-corrected chi connectivity index (χ4v) is 12.2. The number of carboxylic acid groups (broad SMARTS) is 1. The number of ether oxygens (including phenoxy) is 2. The number of amides is 4. The number of nitrogens with one attached hydrogen (secondary N) is 2. The van der Waals surface area contributed by atoms with Gasteiger partial charge in [0, 0.05) is 66.6 Å². The van der Waals surface area contributed by atoms with E-state index < -0.39 is 59.8 Å². The third-order valence-corrected chi connectivity index (χ3v) is 15.6. The van der Waals surface area contributed by atoms with Crippen LogP contribution in [0.5, 0.6) is 5.75 Å². The number of carboxylic acids is 1. The van der Waals surface area contributed by atoms with E-state index in [0.29, 0.717) is 53.3 Å². The molecule has 1 saturated heterocycles. The van der Waals surface area contributed by atoms with Crippen LogP contribution in [0.2, 0.25) is 5.02 Å². The Morgan fingerprint density at radius 3 is 2.37 bits per heavy atom. The zero-order valence-corrected chi connectivity index (χ0v) is 44.3. The van der Waals surface area contributed by atoms with Crippen LogP contribution in [0.4, 0.5) is 0 Å². The van der Waals surface area contributed by atoms with Crippen molar-refractivity contribution < 1.29 is 43.7 Å². The number of hydrogen-bond acceptors (Lipinski definition) is 11. The minimum absolute atomic E-state index is 0.0109. The number of carbonyl (C=O) groups is 5. The van der Waals surface area contributed by atoms with Gasteiger partial charge in [0.2, 0.25) is 17.7 Å². The molecule has 0 unspecified atom stereocenters. The van der Waals surface area contributed by atoms with Crippen molar-refractivity contribution in [2.45, 2.75) is 124 Å². The number of halogens is 1. The Bertz CT molecular complexity index is 2820. The summed E-state index contributed by atoms with van der Waals surface area (Å²) in [5, 5.41) is 35.3. The van der Waals surface area contributed by atoms with Gasteiger partial charge in [0.1, 0.15) is 36.6 Å². The first-order valence-electron chi connectivity index (χ1n) is 24.6. The van der Waals surface area contributed by atoms with Crippen molar-refractivity contribution in [3.05, 3.63) is 105 Å². The van der Waals surface area contributed by atoms with Crippen molar-refractivity contribution in [3.8, 4) is 34.1 Å². The number of nitriles is 1. The van der Waals surface area contributed by atoms with Crippen molar-refractivity contribution in [2.75, 3.05) is 26.4 Å². The molecular weight excluding hydrogens is 968 g/mol. The van der Waals surface area contributed by atoms with Crippen molar-refractivity contribution in [1.82, 2.24) is 25.4 Å². The summed E-state index contributed by atoms with van der Waals surface area (Å²) in [6.45, 7) is 15.8. The summed E-state index contributed by atoms with van der Waals surface area (Å²) in [6.07, 6.45) is 1.58. The fourth-order valence-electron chi connectivity index (χ4n) is 11.2. The van der Waals surface area contributed by atoms with Gasteiger partial charge in [-0.15, -0.1) is 11.3 Å². The van der Waals surface area contributed by atoms with E-state index in [-0.39, 0.29) is 61.5 Å². The molecule has 4 atom stereocenters. The average molecular weight is 1030 g/mol. The molecule has 3 aliphatic rings. The summed E-state index contributed by atoms with van der Waals surface area (Å²) in [7, 11) is 0. The van der Waals surface area contributed by atoms with Crippen LogP contribution >= 0.6 is 22.9 Å². The van der Waals surface area contributed by atoms with Gasteiger partial charge in [0.15, 0.2) is 0 Å². The average Bonchev–Trinajstić information content (AvgIpc) is 4.05. The zero-order chi connectivity index (χ0) is 53.0. The number of likely N-dealkylation sites (tertiary alicyclic amines) is 1. The standard InChI is InChI=1S/C56H65ClN6O9S/c1-33-47(73-32-59-33)37-17-15-36(16-18-37)43(30-64)60-49(68)44-24-35(25-46(66)67)28-62(44)51(70)48(54(2,3)4)61-45(65)31-71-22-12-10-9-11-13-34-14-21-41-39(23-34)29-63(50(41)69)52-55(5,6)53(56(52,7)8)72-40-20-19-38(27-58)42(57)26-40/h14-21,23,26,32,35,43-44,48,52-53,64H,9-10,12,22,24-25,28-31H2,1-8H3,(H,60,68)(H,61,65)(H,66,67)/t35-,43+,44+,48-,52?,53?/m1/s1. The Hall–Kier alpha value is -6.30. The highest BCUT2D eigenvalue weighted by atomic mass is 35.5. The molecule has 4 N–H and O–H groups in total. The molecule has 17 heteroatoms. The minimum Gasteiger partial charge on any atom is -0.489 e. The van der Waals surface area contributed by atoms with Gasteiger partial charge in [-0.05, 0) is 84.5 Å². The van der Waals surface area contributed by atoms with Gasteiger partial charge in [-0.3, -0.25) is 24.0 Å². The van der Waals surface area contributed by atoms with Gasteiger partial charge in [-0.2, -0.15) is 5.26 Å². The van der Waals surface area contributed by atoms with Gasteiger partial charge in [-0.1, -0.05) is 96.2 Å². The number of thiazole rings is 1. The summed E-state index contributed by atoms with van der Waals surface area (Å²) < 4.78 is 12.2. The van der Waals surface area contributed by atoms with Crippen LogP contribution in [0, 0.1) is 52.3 Å². The second-order valence-corrected chi connectivity index (χ2v) is 22.9. The van der Waals surface area contributed by atoms with E-state index in [1.807, 2.05) is 54.3 Å². The highest BCUT2D eigenvalue weighted by Crippen LogP contribution is 2.59. The molecule has 386 valence electrons. The van der Waals surface area contributed by atoms with Crippen LogP contribution in [0.15, 0.2) is 66.2 Å². The van der Waals surface area contributed by atoms with E-state index in [1.165, 1.54) is 16.2 Å². The molecule has 4 amide bonds. The number of carbonyl (C=O) groups excluding carboxylic acids is 4. The molecule has 2 fully saturated rings. The first-order valence-corrected chi connectivity index (χ1v) is 25.9. The second kappa shape index (κ2) is 22.4. The number of aliphatic carboxylic acids is 1. The van der Waals surface area contributed by atoms with Gasteiger partial charge < -0.3 is 40.1 Å². The van der Waals surface area contributed by atoms with Gasteiger partial charge in [-0.25, -0.2) is 4.98 Å². The van der Waals surface area contributed by atoms with E-state index in [9.17, 15) is 39.4 Å². The van der Waals surface area contributed by atoms with Crippen LogP contribution in [0.1, 0.15) is 125 Å². The van der Waals surface area contributed by atoms with Crippen LogP contribution in [0.25, 0.3) is 10.4 Å². The SMILES string of the molecule is Cc1ncsc1-c1ccc([C@H](CO)NC(=O)[C@@H]2C[C@H](CC(=O)O)CN2C(=O)[C@@H](NC(=O)COCCCCC#Cc2ccc3c(c2)CN(C2C(C)(C)C(Oc4ccc(C#N)c(Cl)c4)C2(C)C)C3=O)C(C)(C)C)cc1. The predicted molar refractivity (Wildman–Crippen MR) is 277 cm³/mol. The number of unbranched alkanes of at least 4 members (excludes halogenated alkanes) is 2. The Morgan fingerprint density at radius 1 is 1.01 bits per heavy atom. The molecule has 1 aromatic heterocycles. The number of aliphatic hydroxyl groups is 1. The Morgan fingerprint density at radius 2 is 1.74 bits per heavy atom. The molecule has 4 aromatic rings. The first kappa shape index (κ1) is 54.5. The number of rotatable bonds is 18. The van der Waals surface area contributed by atoms with Crippen molar-refractivity contribution in [2.24, 2.45) is 22.2 Å². The lowest BCUT2D eigenvalue weighted by Gasteiger charge is -2.65. The minimum atomic E-state index is -1.06. The quantitative estimate of drug-likeness (QED) is 0.0553. The molecule has 73 heavy (non-hydrogen) atoms. The molecule has 1 aliphatic carbocycles. The number of fused-ring (bicyclic) bond motifs is 1. The third-order valence-electron chi connectivity index (χ3n) is 14.3. The van der Waals surface area contributed by atoms with Crippen LogP contribution in [0.3, 0.4) is 0 Å². The van der Waals surface area contributed by atoms with E-state index in [1.54, 1.807) is 44.5 Å². The Labute approximate surface area is 436 Å². The van der Waals surface area contributed by atoms with Gasteiger partial charge >= 0.3 is 5.97 Å². The van der Waals surface area contributed by atoms with Crippen molar-refractivity contribution in [3.63, 3.8) is 0 Å². The number of nitrogens with zero attached hydrogens (tertiary/aromatic N) is 4. The summed E-state index contributed by atoms with van der Waals surface area (Å²) in [5.41, 5.74) is 5.51. The number of hydrogen-bond donors (Lipinski definition) is 4. The molecule has 0 radical (unpaired) electrons. The van der Waals surface area contributed by atoms with E-state index in [4.69, 9.17) is 21.1 Å². The zero-order valence-electron chi connectivity index (χ0n) is 42.7. The lowest BCUT2D eigenvalue weighted by molar-refractivity contribution is -0.199. The van der Waals surface area contributed by atoms with Gasteiger partial charge in [0.25, 0.3) is 5.91 Å². The Balaban J connectivity index is 0.878. The van der Waals surface area contributed by atoms with Crippen LogP contribution in [-0.4, -0.2) is 105 Å².